The van der Waals surface area contributed by atoms with Crippen molar-refractivity contribution in [1.82, 2.24) is 0 Å². The van der Waals surface area contributed by atoms with E-state index in [1.807, 2.05) is 0 Å². The SMILES string of the molecule is CCOC(=O)c1cccc(N2CC(S(=O)(=O)Cl)CC2=O)c1. The van der Waals surface area contributed by atoms with E-state index in [1.54, 1.807) is 25.1 Å². The molecule has 1 aliphatic rings. The summed E-state index contributed by atoms with van der Waals surface area (Å²) in [6.07, 6.45) is -0.157. The van der Waals surface area contributed by atoms with Gasteiger partial charge >= 0.3 is 5.97 Å². The molecule has 0 N–H and O–H groups in total. The first-order chi connectivity index (χ1) is 9.82. The van der Waals surface area contributed by atoms with Crippen LogP contribution >= 0.6 is 10.7 Å². The highest BCUT2D eigenvalue weighted by atomic mass is 35.7. The molecule has 8 heteroatoms. The zero-order valence-corrected chi connectivity index (χ0v) is 12.9. The van der Waals surface area contributed by atoms with E-state index in [0.717, 1.165) is 0 Å². The third kappa shape index (κ3) is 3.54. The molecular formula is C13H14ClNO5S. The highest BCUT2D eigenvalue weighted by Gasteiger charge is 2.38. The van der Waals surface area contributed by atoms with Crippen molar-refractivity contribution in [2.45, 2.75) is 18.6 Å². The van der Waals surface area contributed by atoms with Gasteiger partial charge in [-0.1, -0.05) is 6.07 Å². The first-order valence-electron chi connectivity index (χ1n) is 6.34. The summed E-state index contributed by atoms with van der Waals surface area (Å²) in [5.74, 6) is -0.835. The molecule has 0 bridgehead atoms. The molecule has 0 saturated carbocycles. The number of amides is 1. The van der Waals surface area contributed by atoms with E-state index in [0.29, 0.717) is 11.3 Å². The van der Waals surface area contributed by atoms with Gasteiger partial charge in [0, 0.05) is 29.3 Å². The molecule has 21 heavy (non-hydrogen) atoms. The summed E-state index contributed by atoms with van der Waals surface area (Å²) in [6.45, 7) is 1.93. The summed E-state index contributed by atoms with van der Waals surface area (Å²) in [5.41, 5.74) is 0.757. The molecule has 1 heterocycles. The Hall–Kier alpha value is -1.60. The van der Waals surface area contributed by atoms with Crippen LogP contribution in [0.5, 0.6) is 0 Å². The molecule has 114 valence electrons. The lowest BCUT2D eigenvalue weighted by Crippen LogP contribution is -2.26. The summed E-state index contributed by atoms with van der Waals surface area (Å²) < 4.78 is 27.5. The van der Waals surface area contributed by atoms with Gasteiger partial charge in [-0.2, -0.15) is 0 Å². The molecule has 1 aromatic rings. The average Bonchev–Trinajstić information content (AvgIpc) is 2.81. The van der Waals surface area contributed by atoms with Crippen LogP contribution in [0.15, 0.2) is 24.3 Å². The van der Waals surface area contributed by atoms with Gasteiger partial charge in [0.15, 0.2) is 0 Å². The third-order valence-corrected chi connectivity index (χ3v) is 5.02. The Morgan fingerprint density at radius 3 is 2.76 bits per heavy atom. The Morgan fingerprint density at radius 1 is 1.48 bits per heavy atom. The maximum absolute atomic E-state index is 11.9. The van der Waals surface area contributed by atoms with E-state index in [9.17, 15) is 18.0 Å². The fourth-order valence-electron chi connectivity index (χ4n) is 2.13. The zero-order chi connectivity index (χ0) is 15.6. The number of esters is 1. The van der Waals surface area contributed by atoms with Crippen LogP contribution in [-0.2, 0) is 18.6 Å². The van der Waals surface area contributed by atoms with Gasteiger partial charge in [0.1, 0.15) is 5.25 Å². The predicted octanol–water partition coefficient (Wildman–Crippen LogP) is 1.54. The van der Waals surface area contributed by atoms with E-state index >= 15 is 0 Å². The average molecular weight is 332 g/mol. The van der Waals surface area contributed by atoms with E-state index in [4.69, 9.17) is 15.4 Å². The second-order valence-electron chi connectivity index (χ2n) is 4.58. The number of rotatable bonds is 4. The number of anilines is 1. The monoisotopic (exact) mass is 331 g/mol. The maximum atomic E-state index is 11.9. The normalized spacial score (nSPS) is 18.9. The van der Waals surface area contributed by atoms with Gasteiger partial charge in [0.2, 0.25) is 15.0 Å². The Bertz CT molecular complexity index is 673. The summed E-state index contributed by atoms with van der Waals surface area (Å²) >= 11 is 0. The smallest absolute Gasteiger partial charge is 0.338 e. The van der Waals surface area contributed by atoms with E-state index in [-0.39, 0.29) is 25.5 Å². The fourth-order valence-corrected chi connectivity index (χ4v) is 3.15. The fraction of sp³-hybridized carbons (Fsp3) is 0.385. The number of ether oxygens (including phenoxy) is 1. The van der Waals surface area contributed by atoms with Gasteiger partial charge < -0.3 is 9.64 Å². The molecule has 0 spiro atoms. The topological polar surface area (TPSA) is 80.8 Å². The quantitative estimate of drug-likeness (QED) is 0.617. The molecule has 0 radical (unpaired) electrons. The molecule has 1 aliphatic heterocycles. The Kier molecular flexibility index (Phi) is 4.53. The molecule has 0 aromatic heterocycles. The largest absolute Gasteiger partial charge is 0.462 e. The van der Waals surface area contributed by atoms with E-state index in [1.165, 1.54) is 11.0 Å². The molecule has 1 saturated heterocycles. The number of hydrogen-bond donors (Lipinski definition) is 0. The molecule has 1 atom stereocenters. The first-order valence-corrected chi connectivity index (χ1v) is 8.71. The van der Waals surface area contributed by atoms with Gasteiger partial charge in [-0.15, -0.1) is 0 Å². The number of nitrogens with zero attached hydrogens (tertiary/aromatic N) is 1. The van der Waals surface area contributed by atoms with Crippen LogP contribution in [0, 0.1) is 0 Å². The molecular weight excluding hydrogens is 318 g/mol. The lowest BCUT2D eigenvalue weighted by Gasteiger charge is -2.16. The molecule has 1 fully saturated rings. The summed E-state index contributed by atoms with van der Waals surface area (Å²) in [4.78, 5) is 24.9. The van der Waals surface area contributed by atoms with Crippen LogP contribution < -0.4 is 4.90 Å². The summed E-state index contributed by atoms with van der Waals surface area (Å²) in [6, 6.07) is 6.30. The van der Waals surface area contributed by atoms with Crippen LogP contribution in [0.25, 0.3) is 0 Å². The van der Waals surface area contributed by atoms with Crippen LogP contribution in [0.3, 0.4) is 0 Å². The Labute approximate surface area is 127 Å². The standard InChI is InChI=1S/C13H14ClNO5S/c1-2-20-13(17)9-4-3-5-10(6-9)15-8-11(7-12(15)16)21(14,18)19/h3-6,11H,2,7-8H2,1H3. The van der Waals surface area contributed by atoms with Crippen molar-refractivity contribution in [2.75, 3.05) is 18.1 Å². The minimum Gasteiger partial charge on any atom is -0.462 e. The van der Waals surface area contributed by atoms with Crippen molar-refractivity contribution in [3.63, 3.8) is 0 Å². The van der Waals surface area contributed by atoms with Gasteiger partial charge in [-0.05, 0) is 25.1 Å². The van der Waals surface area contributed by atoms with Crippen LogP contribution in [0.2, 0.25) is 0 Å². The Balaban J connectivity index is 2.25. The van der Waals surface area contributed by atoms with E-state index < -0.39 is 20.3 Å². The van der Waals surface area contributed by atoms with Crippen molar-refractivity contribution in [3.8, 4) is 0 Å². The Morgan fingerprint density at radius 2 is 2.19 bits per heavy atom. The first kappa shape index (κ1) is 15.8. The lowest BCUT2D eigenvalue weighted by molar-refractivity contribution is -0.117. The van der Waals surface area contributed by atoms with Crippen molar-refractivity contribution in [3.05, 3.63) is 29.8 Å². The highest BCUT2D eigenvalue weighted by Crippen LogP contribution is 2.27. The second-order valence-corrected chi connectivity index (χ2v) is 7.49. The number of halogens is 1. The molecule has 2 rings (SSSR count). The summed E-state index contributed by atoms with van der Waals surface area (Å²) in [5, 5.41) is -0.932. The summed E-state index contributed by atoms with van der Waals surface area (Å²) in [7, 11) is 1.51. The number of carbonyl (C=O) groups is 2. The minimum absolute atomic E-state index is 0.0169. The van der Waals surface area contributed by atoms with Gasteiger partial charge in [0.05, 0.1) is 12.2 Å². The minimum atomic E-state index is -3.79. The maximum Gasteiger partial charge on any atom is 0.338 e. The third-order valence-electron chi connectivity index (χ3n) is 3.16. The van der Waals surface area contributed by atoms with Gasteiger partial charge in [0.25, 0.3) is 0 Å². The molecule has 1 aromatic carbocycles. The molecule has 1 amide bonds. The molecule has 1 unspecified atom stereocenters. The van der Waals surface area contributed by atoms with E-state index in [2.05, 4.69) is 0 Å². The number of hydrogen-bond acceptors (Lipinski definition) is 5. The number of benzene rings is 1. The lowest BCUT2D eigenvalue weighted by atomic mass is 10.2. The van der Waals surface area contributed by atoms with Crippen molar-refractivity contribution < 1.29 is 22.7 Å². The predicted molar refractivity (Wildman–Crippen MR) is 77.9 cm³/mol. The zero-order valence-electron chi connectivity index (χ0n) is 11.3. The molecule has 0 aliphatic carbocycles. The van der Waals surface area contributed by atoms with Crippen LogP contribution in [-0.4, -0.2) is 38.7 Å². The number of carbonyl (C=O) groups excluding carboxylic acids is 2. The van der Waals surface area contributed by atoms with Crippen molar-refractivity contribution in [1.29, 1.82) is 0 Å². The second kappa shape index (κ2) is 6.03. The van der Waals surface area contributed by atoms with Crippen LogP contribution in [0.1, 0.15) is 23.7 Å². The van der Waals surface area contributed by atoms with Gasteiger partial charge in [-0.25, -0.2) is 13.2 Å². The molecule has 6 nitrogen and oxygen atoms in total. The van der Waals surface area contributed by atoms with Crippen LogP contribution in [0.4, 0.5) is 5.69 Å². The van der Waals surface area contributed by atoms with Crippen molar-refractivity contribution in [2.24, 2.45) is 0 Å². The highest BCUT2D eigenvalue weighted by molar-refractivity contribution is 8.14. The van der Waals surface area contributed by atoms with Crippen molar-refractivity contribution >= 4 is 37.3 Å². The van der Waals surface area contributed by atoms with Gasteiger partial charge in [-0.3, -0.25) is 4.79 Å².